The third-order valence-corrected chi connectivity index (χ3v) is 7.85. The molecule has 218 valence electrons. The van der Waals surface area contributed by atoms with E-state index < -0.39 is 34.4 Å². The highest BCUT2D eigenvalue weighted by Gasteiger charge is 2.31. The number of anilines is 1. The van der Waals surface area contributed by atoms with Gasteiger partial charge in [0, 0.05) is 23.8 Å². The van der Waals surface area contributed by atoms with Gasteiger partial charge in [0.05, 0.1) is 4.90 Å². The van der Waals surface area contributed by atoms with Gasteiger partial charge in [-0.15, -0.1) is 0 Å². The molecule has 0 bridgehead atoms. The van der Waals surface area contributed by atoms with Gasteiger partial charge in [-0.2, -0.15) is 0 Å². The van der Waals surface area contributed by atoms with Crippen LogP contribution in [0.1, 0.15) is 24.1 Å². The van der Waals surface area contributed by atoms with Crippen LogP contribution in [0.2, 0.25) is 5.02 Å². The molecule has 2 N–H and O–H groups in total. The second-order valence-corrected chi connectivity index (χ2v) is 11.3. The highest BCUT2D eigenvalue weighted by atomic mass is 35.5. The number of amides is 2. The van der Waals surface area contributed by atoms with E-state index in [2.05, 4.69) is 10.0 Å². The molecule has 0 spiro atoms. The summed E-state index contributed by atoms with van der Waals surface area (Å²) in [7, 11) is -3.94. The lowest BCUT2D eigenvalue weighted by Gasteiger charge is -2.31. The monoisotopic (exact) mass is 609 g/mol. The molecule has 42 heavy (non-hydrogen) atoms. The average molecular weight is 610 g/mol. The summed E-state index contributed by atoms with van der Waals surface area (Å²) >= 11 is 6.04. The maximum Gasteiger partial charge on any atom is 0.261 e. The van der Waals surface area contributed by atoms with E-state index in [9.17, 15) is 22.4 Å². The highest BCUT2D eigenvalue weighted by molar-refractivity contribution is 7.92. The summed E-state index contributed by atoms with van der Waals surface area (Å²) in [6, 6.07) is 25.5. The number of hydrogen-bond acceptors (Lipinski definition) is 5. The third-order valence-electron chi connectivity index (χ3n) is 6.21. The molecule has 0 aliphatic heterocycles. The normalized spacial score (nSPS) is 11.8. The molecule has 0 aliphatic carbocycles. The Balaban J connectivity index is 1.52. The van der Waals surface area contributed by atoms with Gasteiger partial charge < -0.3 is 15.0 Å². The Morgan fingerprint density at radius 2 is 1.55 bits per heavy atom. The summed E-state index contributed by atoms with van der Waals surface area (Å²) < 4.78 is 46.7. The zero-order valence-electron chi connectivity index (χ0n) is 22.7. The van der Waals surface area contributed by atoms with Crippen molar-refractivity contribution < 1.29 is 27.1 Å². The summed E-state index contributed by atoms with van der Waals surface area (Å²) in [5, 5.41) is 3.36. The molecule has 0 saturated heterocycles. The molecule has 0 radical (unpaired) electrons. The molecule has 0 aliphatic rings. The quantitative estimate of drug-likeness (QED) is 0.219. The fourth-order valence-electron chi connectivity index (χ4n) is 4.16. The molecule has 1 atom stereocenters. The van der Waals surface area contributed by atoms with E-state index in [-0.39, 0.29) is 28.8 Å². The van der Waals surface area contributed by atoms with Crippen LogP contribution in [-0.2, 0) is 26.2 Å². The first kappa shape index (κ1) is 30.5. The van der Waals surface area contributed by atoms with Crippen molar-refractivity contribution in [2.45, 2.75) is 24.4 Å². The van der Waals surface area contributed by atoms with Crippen LogP contribution in [-0.4, -0.2) is 38.3 Å². The maximum atomic E-state index is 13.6. The zero-order chi connectivity index (χ0) is 30.1. The topological polar surface area (TPSA) is 105 Å². The van der Waals surface area contributed by atoms with Crippen molar-refractivity contribution in [3.8, 4) is 5.75 Å². The van der Waals surface area contributed by atoms with Gasteiger partial charge in [0.2, 0.25) is 5.91 Å². The van der Waals surface area contributed by atoms with Gasteiger partial charge in [0.15, 0.2) is 6.61 Å². The van der Waals surface area contributed by atoms with Gasteiger partial charge in [0.1, 0.15) is 17.6 Å². The van der Waals surface area contributed by atoms with Gasteiger partial charge in [-0.3, -0.25) is 14.3 Å². The number of benzene rings is 4. The summed E-state index contributed by atoms with van der Waals surface area (Å²) in [5.74, 6) is -1.03. The van der Waals surface area contributed by atoms with E-state index in [1.54, 1.807) is 55.5 Å². The molecule has 4 aromatic rings. The molecule has 0 unspecified atom stereocenters. The van der Waals surface area contributed by atoms with Crippen molar-refractivity contribution in [2.24, 2.45) is 0 Å². The van der Waals surface area contributed by atoms with Crippen LogP contribution in [0.25, 0.3) is 0 Å². The lowest BCUT2D eigenvalue weighted by atomic mass is 10.0. The van der Waals surface area contributed by atoms with Crippen LogP contribution in [0.4, 0.5) is 10.1 Å². The van der Waals surface area contributed by atoms with Crippen LogP contribution in [0, 0.1) is 5.82 Å². The average Bonchev–Trinajstić information content (AvgIpc) is 2.98. The Hall–Kier alpha value is -4.41. The summed E-state index contributed by atoms with van der Waals surface area (Å²) in [4.78, 5) is 28.3. The number of rotatable bonds is 12. The minimum Gasteiger partial charge on any atom is -0.484 e. The zero-order valence-corrected chi connectivity index (χ0v) is 24.2. The van der Waals surface area contributed by atoms with Crippen LogP contribution in [0.3, 0.4) is 0 Å². The Morgan fingerprint density at radius 3 is 2.17 bits per heavy atom. The molecule has 0 saturated carbocycles. The first-order chi connectivity index (χ1) is 20.2. The van der Waals surface area contributed by atoms with Crippen molar-refractivity contribution in [3.05, 3.63) is 125 Å². The molecule has 8 nitrogen and oxygen atoms in total. The Labute approximate surface area is 249 Å². The number of ether oxygens (including phenoxy) is 1. The van der Waals surface area contributed by atoms with Crippen molar-refractivity contribution in [2.75, 3.05) is 17.9 Å². The summed E-state index contributed by atoms with van der Waals surface area (Å²) in [6.45, 7) is 1.89. The van der Waals surface area contributed by atoms with Crippen LogP contribution in [0.5, 0.6) is 5.75 Å². The number of sulfonamides is 1. The van der Waals surface area contributed by atoms with Crippen molar-refractivity contribution >= 4 is 39.1 Å². The van der Waals surface area contributed by atoms with E-state index in [1.165, 1.54) is 41.3 Å². The second-order valence-electron chi connectivity index (χ2n) is 9.23. The van der Waals surface area contributed by atoms with Gasteiger partial charge >= 0.3 is 0 Å². The molecular weight excluding hydrogens is 581 g/mol. The van der Waals surface area contributed by atoms with E-state index in [0.29, 0.717) is 17.1 Å². The fourth-order valence-corrected chi connectivity index (χ4v) is 5.35. The Bertz CT molecular complexity index is 1600. The number of halogens is 2. The standard InChI is InChI=1S/C31H29ClFN3O5S/c1-2-34-31(38)30(23-6-4-3-5-7-23)36(20-22-8-10-24(32)11-9-22)29(37)21-41-27-16-18-28(19-17-27)42(39,40)35-26-14-12-25(33)13-15-26/h3-19,30,35H,2,20-21H2,1H3,(H,34,38)/t30-/m1/s1. The predicted octanol–water partition coefficient (Wildman–Crippen LogP) is 5.56. The number of hydrogen-bond donors (Lipinski definition) is 2. The fraction of sp³-hybridized carbons (Fsp3) is 0.161. The molecule has 2 amide bonds. The predicted molar refractivity (Wildman–Crippen MR) is 159 cm³/mol. The van der Waals surface area contributed by atoms with Crippen molar-refractivity contribution in [1.29, 1.82) is 0 Å². The SMILES string of the molecule is CCNC(=O)[C@@H](c1ccccc1)N(Cc1ccc(Cl)cc1)C(=O)COc1ccc(S(=O)(=O)Nc2ccc(F)cc2)cc1. The van der Waals surface area contributed by atoms with E-state index >= 15 is 0 Å². The largest absolute Gasteiger partial charge is 0.484 e. The van der Waals surface area contributed by atoms with Gasteiger partial charge in [-0.1, -0.05) is 54.1 Å². The highest BCUT2D eigenvalue weighted by Crippen LogP contribution is 2.25. The summed E-state index contributed by atoms with van der Waals surface area (Å²) in [6.07, 6.45) is 0. The maximum absolute atomic E-state index is 13.6. The molecule has 0 aromatic heterocycles. The lowest BCUT2D eigenvalue weighted by Crippen LogP contribution is -2.45. The second kappa shape index (κ2) is 14.0. The first-order valence-corrected chi connectivity index (χ1v) is 14.9. The minimum atomic E-state index is -3.94. The number of nitrogens with one attached hydrogen (secondary N) is 2. The van der Waals surface area contributed by atoms with E-state index in [4.69, 9.17) is 16.3 Å². The molecule has 0 heterocycles. The number of likely N-dealkylation sites (N-methyl/N-ethyl adjacent to an activating group) is 1. The third kappa shape index (κ3) is 8.08. The Morgan fingerprint density at radius 1 is 0.905 bits per heavy atom. The summed E-state index contributed by atoms with van der Waals surface area (Å²) in [5.41, 5.74) is 1.61. The van der Waals surface area contributed by atoms with Crippen molar-refractivity contribution in [3.63, 3.8) is 0 Å². The van der Waals surface area contributed by atoms with Gasteiger partial charge in [-0.05, 0) is 78.7 Å². The minimum absolute atomic E-state index is 0.0461. The molecular formula is C31H29ClFN3O5S. The van der Waals surface area contributed by atoms with Crippen LogP contribution < -0.4 is 14.8 Å². The van der Waals surface area contributed by atoms with Gasteiger partial charge in [0.25, 0.3) is 15.9 Å². The van der Waals surface area contributed by atoms with Crippen LogP contribution >= 0.6 is 11.6 Å². The molecule has 4 rings (SSSR count). The Kier molecular flexibility index (Phi) is 10.2. The van der Waals surface area contributed by atoms with E-state index in [1.807, 2.05) is 6.07 Å². The van der Waals surface area contributed by atoms with E-state index in [0.717, 1.165) is 17.7 Å². The number of nitrogens with zero attached hydrogens (tertiary/aromatic N) is 1. The molecule has 0 fully saturated rings. The van der Waals surface area contributed by atoms with Crippen molar-refractivity contribution in [1.82, 2.24) is 10.2 Å². The number of carbonyl (C=O) groups excluding carboxylic acids is 2. The smallest absolute Gasteiger partial charge is 0.261 e. The lowest BCUT2D eigenvalue weighted by molar-refractivity contribution is -0.143. The van der Waals surface area contributed by atoms with Gasteiger partial charge in [-0.25, -0.2) is 12.8 Å². The first-order valence-electron chi connectivity index (χ1n) is 13.0. The molecule has 11 heteroatoms. The van der Waals surface area contributed by atoms with Crippen LogP contribution in [0.15, 0.2) is 108 Å². The molecule has 4 aromatic carbocycles. The number of carbonyl (C=O) groups is 2.